The first kappa shape index (κ1) is 30.3. The molecule has 2 N–H and O–H groups in total. The number of nitrogens with one attached hydrogen (secondary N) is 2. The maximum atomic E-state index is 13.5. The zero-order valence-corrected chi connectivity index (χ0v) is 24.4. The third-order valence-electron chi connectivity index (χ3n) is 7.45. The third kappa shape index (κ3) is 6.62. The number of anilines is 1. The molecule has 0 aliphatic carbocycles. The second-order valence-corrected chi connectivity index (χ2v) is 12.0. The predicted octanol–water partition coefficient (Wildman–Crippen LogP) is 0.845. The smallest absolute Gasteiger partial charge is 0.325 e. The van der Waals surface area contributed by atoms with Crippen molar-refractivity contribution in [3.05, 3.63) is 36.4 Å². The lowest BCUT2D eigenvalue weighted by molar-refractivity contribution is -0.147. The van der Waals surface area contributed by atoms with E-state index < -0.39 is 46.4 Å². The molecule has 2 atom stereocenters. The highest BCUT2D eigenvalue weighted by molar-refractivity contribution is 7.89. The van der Waals surface area contributed by atoms with E-state index in [2.05, 4.69) is 10.0 Å². The highest BCUT2D eigenvalue weighted by Gasteiger charge is 2.42. The number of ether oxygens (including phenoxy) is 1. The fourth-order valence-electron chi connectivity index (χ4n) is 5.53. The zero-order valence-electron chi connectivity index (χ0n) is 23.6. The number of carbonyl (C=O) groups excluding carboxylic acids is 4. The zero-order chi connectivity index (χ0) is 29.7. The molecule has 0 saturated carbocycles. The van der Waals surface area contributed by atoms with Crippen LogP contribution in [-0.2, 0) is 33.9 Å². The third-order valence-corrected chi connectivity index (χ3v) is 8.91. The first-order valence-corrected chi connectivity index (χ1v) is 15.3. The molecule has 0 bridgehead atoms. The Labute approximate surface area is 240 Å². The van der Waals surface area contributed by atoms with E-state index in [-0.39, 0.29) is 24.0 Å². The van der Waals surface area contributed by atoms with Crippen LogP contribution in [-0.4, -0.2) is 101 Å². The summed E-state index contributed by atoms with van der Waals surface area (Å²) in [5.41, 5.74) is 0.865. The quantitative estimate of drug-likeness (QED) is 0.389. The summed E-state index contributed by atoms with van der Waals surface area (Å²) in [5.74, 6) is -1.87. The van der Waals surface area contributed by atoms with Gasteiger partial charge in [0.1, 0.15) is 18.6 Å². The van der Waals surface area contributed by atoms with E-state index in [1.54, 1.807) is 25.1 Å². The van der Waals surface area contributed by atoms with Gasteiger partial charge in [-0.2, -0.15) is 0 Å². The Morgan fingerprint density at radius 2 is 1.59 bits per heavy atom. The van der Waals surface area contributed by atoms with Crippen molar-refractivity contribution < 1.29 is 32.3 Å². The minimum Gasteiger partial charge on any atom is -0.465 e. The Hall–Kier alpha value is -3.71. The summed E-state index contributed by atoms with van der Waals surface area (Å²) in [6.45, 7) is 1.75. The van der Waals surface area contributed by atoms with E-state index in [4.69, 9.17) is 4.74 Å². The largest absolute Gasteiger partial charge is 0.465 e. The molecular formula is C28H37N5O7S. The SMILES string of the molecule is CCOC(=O)CNC(=O)[C@@H]1CCCN1C(=O)[C@@H]1CCCN1C(=O)CNS(=O)(=O)c1cccc2c(N(C)C)cccc12. The fraction of sp³-hybridized carbons (Fsp3) is 0.500. The molecular weight excluding hydrogens is 550 g/mol. The van der Waals surface area contributed by atoms with Gasteiger partial charge in [0.15, 0.2) is 0 Å². The Kier molecular flexibility index (Phi) is 9.49. The van der Waals surface area contributed by atoms with E-state index >= 15 is 0 Å². The fourth-order valence-corrected chi connectivity index (χ4v) is 6.72. The molecule has 222 valence electrons. The maximum Gasteiger partial charge on any atom is 0.325 e. The van der Waals surface area contributed by atoms with Gasteiger partial charge in [0.2, 0.25) is 27.7 Å². The van der Waals surface area contributed by atoms with Crippen molar-refractivity contribution >= 4 is 50.2 Å². The second kappa shape index (κ2) is 12.9. The van der Waals surface area contributed by atoms with Gasteiger partial charge in [0, 0.05) is 43.6 Å². The number of hydrogen-bond acceptors (Lipinski definition) is 8. The number of carbonyl (C=O) groups is 4. The molecule has 0 spiro atoms. The summed E-state index contributed by atoms with van der Waals surface area (Å²) in [4.78, 5) is 55.9. The van der Waals surface area contributed by atoms with Crippen LogP contribution in [0.25, 0.3) is 10.8 Å². The molecule has 41 heavy (non-hydrogen) atoms. The van der Waals surface area contributed by atoms with Gasteiger partial charge in [0.25, 0.3) is 0 Å². The number of rotatable bonds is 10. The number of amides is 3. The molecule has 2 aromatic rings. The van der Waals surface area contributed by atoms with Gasteiger partial charge in [-0.3, -0.25) is 19.2 Å². The summed E-state index contributed by atoms with van der Waals surface area (Å²) >= 11 is 0. The highest BCUT2D eigenvalue weighted by atomic mass is 32.2. The lowest BCUT2D eigenvalue weighted by atomic mass is 10.1. The summed E-state index contributed by atoms with van der Waals surface area (Å²) in [5, 5.41) is 3.83. The second-order valence-electron chi connectivity index (χ2n) is 10.3. The lowest BCUT2D eigenvalue weighted by Gasteiger charge is -2.31. The van der Waals surface area contributed by atoms with Crippen LogP contribution in [0.15, 0.2) is 41.3 Å². The number of nitrogens with zero attached hydrogens (tertiary/aromatic N) is 3. The highest BCUT2D eigenvalue weighted by Crippen LogP contribution is 2.30. The molecule has 0 aromatic heterocycles. The summed E-state index contributed by atoms with van der Waals surface area (Å²) in [6.07, 6.45) is 2.06. The molecule has 12 nitrogen and oxygen atoms in total. The molecule has 2 aromatic carbocycles. The van der Waals surface area contributed by atoms with Crippen molar-refractivity contribution in [3.63, 3.8) is 0 Å². The van der Waals surface area contributed by atoms with Gasteiger partial charge < -0.3 is 24.8 Å². The summed E-state index contributed by atoms with van der Waals surface area (Å²) in [6, 6.07) is 8.88. The maximum absolute atomic E-state index is 13.5. The Balaban J connectivity index is 1.42. The number of likely N-dealkylation sites (tertiary alicyclic amines) is 2. The molecule has 2 fully saturated rings. The molecule has 2 heterocycles. The average molecular weight is 588 g/mol. The number of sulfonamides is 1. The minimum absolute atomic E-state index is 0.0642. The predicted molar refractivity (Wildman–Crippen MR) is 153 cm³/mol. The van der Waals surface area contributed by atoms with Crippen LogP contribution in [0, 0.1) is 0 Å². The number of benzene rings is 2. The van der Waals surface area contributed by atoms with Crippen molar-refractivity contribution in [1.82, 2.24) is 19.8 Å². The monoisotopic (exact) mass is 587 g/mol. The van der Waals surface area contributed by atoms with E-state index in [0.717, 1.165) is 11.1 Å². The number of hydrogen-bond donors (Lipinski definition) is 2. The van der Waals surface area contributed by atoms with Gasteiger partial charge in [0.05, 0.1) is 18.0 Å². The lowest BCUT2D eigenvalue weighted by Crippen LogP contribution is -2.54. The summed E-state index contributed by atoms with van der Waals surface area (Å²) in [7, 11) is -0.295. The van der Waals surface area contributed by atoms with Gasteiger partial charge in [-0.25, -0.2) is 13.1 Å². The molecule has 13 heteroatoms. The number of esters is 1. The molecule has 0 unspecified atom stereocenters. The standard InChI is InChI=1S/C28H37N5O7S/c1-4-40-26(35)18-29-27(36)22-12-7-16-33(22)28(37)23-13-8-15-32(23)25(34)17-30-41(38,39)24-14-6-9-19-20(24)10-5-11-21(19)31(2)3/h5-6,9-11,14,22-23,30H,4,7-8,12-13,15-18H2,1-3H3,(H,29,36)/t22-,23-/m0/s1. The first-order valence-electron chi connectivity index (χ1n) is 13.8. The van der Waals surface area contributed by atoms with E-state index in [0.29, 0.717) is 44.2 Å². The van der Waals surface area contributed by atoms with Crippen LogP contribution in [0.3, 0.4) is 0 Å². The molecule has 0 radical (unpaired) electrons. The summed E-state index contributed by atoms with van der Waals surface area (Å²) < 4.78 is 33.8. The van der Waals surface area contributed by atoms with Crippen LogP contribution in [0.1, 0.15) is 32.6 Å². The molecule has 2 aliphatic rings. The van der Waals surface area contributed by atoms with Crippen molar-refractivity contribution in [2.45, 2.75) is 49.6 Å². The minimum atomic E-state index is -4.05. The Morgan fingerprint density at radius 1 is 0.927 bits per heavy atom. The van der Waals surface area contributed by atoms with Crippen molar-refractivity contribution in [1.29, 1.82) is 0 Å². The Morgan fingerprint density at radius 3 is 2.29 bits per heavy atom. The Bertz CT molecular complexity index is 1430. The van der Waals surface area contributed by atoms with Gasteiger partial charge in [-0.1, -0.05) is 24.3 Å². The van der Waals surface area contributed by atoms with Gasteiger partial charge in [-0.15, -0.1) is 0 Å². The average Bonchev–Trinajstić information content (AvgIpc) is 3.64. The van der Waals surface area contributed by atoms with Gasteiger partial charge >= 0.3 is 5.97 Å². The molecule has 2 saturated heterocycles. The van der Waals surface area contributed by atoms with Crippen LogP contribution < -0.4 is 14.9 Å². The van der Waals surface area contributed by atoms with Crippen LogP contribution >= 0.6 is 0 Å². The van der Waals surface area contributed by atoms with Crippen LogP contribution in [0.4, 0.5) is 5.69 Å². The molecule has 4 rings (SSSR count). The van der Waals surface area contributed by atoms with E-state index in [9.17, 15) is 27.6 Å². The van der Waals surface area contributed by atoms with E-state index in [1.165, 1.54) is 15.9 Å². The molecule has 3 amide bonds. The van der Waals surface area contributed by atoms with E-state index in [1.807, 2.05) is 31.1 Å². The normalized spacial score (nSPS) is 18.9. The van der Waals surface area contributed by atoms with Crippen LogP contribution in [0.5, 0.6) is 0 Å². The van der Waals surface area contributed by atoms with Crippen LogP contribution in [0.2, 0.25) is 0 Å². The molecule has 2 aliphatic heterocycles. The van der Waals surface area contributed by atoms with Gasteiger partial charge in [-0.05, 0) is 44.7 Å². The van der Waals surface area contributed by atoms with Crippen molar-refractivity contribution in [2.75, 3.05) is 51.8 Å². The first-order chi connectivity index (χ1) is 19.5. The number of fused-ring (bicyclic) bond motifs is 1. The van der Waals surface area contributed by atoms with Crippen molar-refractivity contribution in [3.8, 4) is 0 Å². The topological polar surface area (TPSA) is 145 Å². The van der Waals surface area contributed by atoms with Crippen molar-refractivity contribution in [2.24, 2.45) is 0 Å².